The minimum absolute atomic E-state index is 0.103. The zero-order chi connectivity index (χ0) is 7.84. The Bertz CT molecular complexity index is 317. The molecule has 56 valence electrons. The maximum Gasteiger partial charge on any atom is 0.104 e. The van der Waals surface area contributed by atoms with Gasteiger partial charge in [0.2, 0.25) is 0 Å². The van der Waals surface area contributed by atoms with Gasteiger partial charge in [-0.2, -0.15) is 0 Å². The molecule has 0 saturated heterocycles. The van der Waals surface area contributed by atoms with Crippen LogP contribution in [0.5, 0.6) is 0 Å². The molecule has 2 heteroatoms. The highest BCUT2D eigenvalue weighted by Crippen LogP contribution is 2.38. The molecule has 1 aliphatic carbocycles. The summed E-state index contributed by atoms with van der Waals surface area (Å²) in [6.45, 7) is 0. The van der Waals surface area contributed by atoms with Gasteiger partial charge in [0.1, 0.15) is 5.76 Å². The molecule has 0 heterocycles. The largest absolute Gasteiger partial charge is 0.511 e. The number of aliphatic hydroxyl groups is 1. The van der Waals surface area contributed by atoms with Crippen molar-refractivity contribution in [3.8, 4) is 0 Å². The predicted octanol–water partition coefficient (Wildman–Crippen LogP) is 2.52. The third-order valence-electron chi connectivity index (χ3n) is 1.95. The molecule has 1 aromatic rings. The van der Waals surface area contributed by atoms with Crippen molar-refractivity contribution < 1.29 is 5.11 Å². The van der Waals surface area contributed by atoms with Crippen molar-refractivity contribution in [3.05, 3.63) is 41.2 Å². The summed E-state index contributed by atoms with van der Waals surface area (Å²) in [5.74, 6) is 0.441. The average Bonchev–Trinajstić information content (AvgIpc) is 2.30. The quantitative estimate of drug-likeness (QED) is 0.584. The van der Waals surface area contributed by atoms with Gasteiger partial charge in [0.15, 0.2) is 0 Å². The number of aliphatic hydroxyl groups excluding tert-OH is 1. The second-order valence-electron chi connectivity index (χ2n) is 2.68. The highest BCUT2D eigenvalue weighted by atomic mass is 31.0. The lowest BCUT2D eigenvalue weighted by atomic mass is 10.1. The Morgan fingerprint density at radius 1 is 1.27 bits per heavy atom. The summed E-state index contributed by atoms with van der Waals surface area (Å²) in [4.78, 5) is 0. The molecule has 1 N–H and O–H groups in total. The molecule has 0 fully saturated rings. The van der Waals surface area contributed by atoms with E-state index in [1.807, 2.05) is 30.3 Å². The number of benzene rings is 1. The van der Waals surface area contributed by atoms with Gasteiger partial charge in [-0.25, -0.2) is 0 Å². The number of fused-ring (bicyclic) bond motifs is 1. The molecule has 2 atom stereocenters. The van der Waals surface area contributed by atoms with Crippen LogP contribution in [0.1, 0.15) is 16.8 Å². The lowest BCUT2D eigenvalue weighted by Crippen LogP contribution is -1.86. The van der Waals surface area contributed by atoms with Crippen LogP contribution in [0.3, 0.4) is 0 Å². The zero-order valence-electron chi connectivity index (χ0n) is 5.99. The van der Waals surface area contributed by atoms with Gasteiger partial charge in [-0.15, -0.1) is 9.24 Å². The Hall–Kier alpha value is -0.810. The Balaban J connectivity index is 2.58. The number of rotatable bonds is 0. The van der Waals surface area contributed by atoms with Gasteiger partial charge >= 0.3 is 0 Å². The van der Waals surface area contributed by atoms with E-state index in [9.17, 15) is 5.11 Å². The highest BCUT2D eigenvalue weighted by molar-refractivity contribution is 7.17. The van der Waals surface area contributed by atoms with Gasteiger partial charge in [0, 0.05) is 0 Å². The fourth-order valence-electron chi connectivity index (χ4n) is 1.33. The van der Waals surface area contributed by atoms with Crippen molar-refractivity contribution in [3.63, 3.8) is 0 Å². The summed E-state index contributed by atoms with van der Waals surface area (Å²) in [5, 5.41) is 9.36. The summed E-state index contributed by atoms with van der Waals surface area (Å²) < 4.78 is 0. The Morgan fingerprint density at radius 3 is 2.73 bits per heavy atom. The standard InChI is InChI=1S/C9H9OP/c10-8-5-6-3-1-2-4-7(6)9(8)11/h1-5,9-10H,11H2. The molecule has 2 rings (SSSR count). The van der Waals surface area contributed by atoms with E-state index in [-0.39, 0.29) is 5.66 Å². The Morgan fingerprint density at radius 2 is 2.00 bits per heavy atom. The van der Waals surface area contributed by atoms with Gasteiger partial charge in [-0.1, -0.05) is 24.3 Å². The molecule has 11 heavy (non-hydrogen) atoms. The van der Waals surface area contributed by atoms with Crippen LogP contribution in [-0.4, -0.2) is 5.11 Å². The average molecular weight is 164 g/mol. The van der Waals surface area contributed by atoms with Crippen LogP contribution in [0.25, 0.3) is 6.08 Å². The van der Waals surface area contributed by atoms with Crippen LogP contribution in [0.15, 0.2) is 30.0 Å². The maximum atomic E-state index is 9.36. The van der Waals surface area contributed by atoms with Crippen LogP contribution >= 0.6 is 9.24 Å². The van der Waals surface area contributed by atoms with Crippen molar-refractivity contribution in [2.75, 3.05) is 0 Å². The highest BCUT2D eigenvalue weighted by Gasteiger charge is 2.19. The first-order valence-corrected chi connectivity index (χ1v) is 4.21. The lowest BCUT2D eigenvalue weighted by molar-refractivity contribution is 0.405. The third kappa shape index (κ3) is 0.965. The van der Waals surface area contributed by atoms with Crippen molar-refractivity contribution >= 4 is 15.3 Å². The van der Waals surface area contributed by atoms with E-state index in [2.05, 4.69) is 9.24 Å². The van der Waals surface area contributed by atoms with Crippen molar-refractivity contribution in [1.82, 2.24) is 0 Å². The number of hydrogen-bond acceptors (Lipinski definition) is 1. The normalized spacial score (nSPS) is 21.2. The van der Waals surface area contributed by atoms with E-state index in [1.165, 1.54) is 5.56 Å². The van der Waals surface area contributed by atoms with E-state index < -0.39 is 0 Å². The zero-order valence-corrected chi connectivity index (χ0v) is 7.14. The Kier molecular flexibility index (Phi) is 1.47. The van der Waals surface area contributed by atoms with E-state index in [0.717, 1.165) is 5.56 Å². The minimum atomic E-state index is 0.103. The van der Waals surface area contributed by atoms with Crippen LogP contribution in [0, 0.1) is 0 Å². The molecule has 1 aliphatic rings. The first-order chi connectivity index (χ1) is 5.29. The molecular formula is C9H9OP. The monoisotopic (exact) mass is 164 g/mol. The molecule has 0 bridgehead atoms. The molecular weight excluding hydrogens is 155 g/mol. The summed E-state index contributed by atoms with van der Waals surface area (Å²) in [7, 11) is 2.62. The number of hydrogen-bond donors (Lipinski definition) is 1. The summed E-state index contributed by atoms with van der Waals surface area (Å²) >= 11 is 0. The lowest BCUT2D eigenvalue weighted by Gasteiger charge is -2.04. The van der Waals surface area contributed by atoms with Gasteiger partial charge in [-0.05, 0) is 17.2 Å². The van der Waals surface area contributed by atoms with Crippen molar-refractivity contribution in [1.29, 1.82) is 0 Å². The van der Waals surface area contributed by atoms with E-state index >= 15 is 0 Å². The van der Waals surface area contributed by atoms with E-state index in [1.54, 1.807) is 0 Å². The number of allylic oxidation sites excluding steroid dienone is 1. The second-order valence-corrected chi connectivity index (χ2v) is 3.34. The molecule has 0 spiro atoms. The second kappa shape index (κ2) is 2.35. The first kappa shape index (κ1) is 6.87. The SMILES string of the molecule is OC1=Cc2ccccc2C1P. The summed E-state index contributed by atoms with van der Waals surface area (Å²) in [5.41, 5.74) is 2.42. The molecule has 0 aromatic heterocycles. The predicted molar refractivity (Wildman–Crippen MR) is 49.5 cm³/mol. The van der Waals surface area contributed by atoms with Crippen molar-refractivity contribution in [2.45, 2.75) is 5.66 Å². The van der Waals surface area contributed by atoms with Gasteiger partial charge in [-0.3, -0.25) is 0 Å². The smallest absolute Gasteiger partial charge is 0.104 e. The van der Waals surface area contributed by atoms with Crippen LogP contribution < -0.4 is 0 Å². The van der Waals surface area contributed by atoms with Crippen LogP contribution in [0.2, 0.25) is 0 Å². The van der Waals surface area contributed by atoms with Crippen LogP contribution in [-0.2, 0) is 0 Å². The molecule has 0 aliphatic heterocycles. The maximum absolute atomic E-state index is 9.36. The molecule has 0 amide bonds. The third-order valence-corrected chi connectivity index (χ3v) is 2.65. The van der Waals surface area contributed by atoms with Crippen LogP contribution in [0.4, 0.5) is 0 Å². The molecule has 1 nitrogen and oxygen atoms in total. The van der Waals surface area contributed by atoms with E-state index in [0.29, 0.717) is 5.76 Å². The minimum Gasteiger partial charge on any atom is -0.511 e. The van der Waals surface area contributed by atoms with E-state index in [4.69, 9.17) is 0 Å². The summed E-state index contributed by atoms with van der Waals surface area (Å²) in [6, 6.07) is 8.01. The summed E-state index contributed by atoms with van der Waals surface area (Å²) in [6.07, 6.45) is 1.81. The molecule has 0 saturated carbocycles. The molecule has 1 aromatic carbocycles. The van der Waals surface area contributed by atoms with Gasteiger partial charge in [0.05, 0.1) is 5.66 Å². The van der Waals surface area contributed by atoms with Gasteiger partial charge < -0.3 is 5.11 Å². The Labute approximate surface area is 68.0 Å². The van der Waals surface area contributed by atoms with Gasteiger partial charge in [0.25, 0.3) is 0 Å². The fraction of sp³-hybridized carbons (Fsp3) is 0.111. The molecule has 0 radical (unpaired) electrons. The molecule has 2 unspecified atom stereocenters. The topological polar surface area (TPSA) is 20.2 Å². The first-order valence-electron chi connectivity index (χ1n) is 3.54. The fourth-order valence-corrected chi connectivity index (χ4v) is 1.73. The van der Waals surface area contributed by atoms with Crippen molar-refractivity contribution in [2.24, 2.45) is 0 Å².